The van der Waals surface area contributed by atoms with E-state index in [0.29, 0.717) is 18.4 Å². The maximum Gasteiger partial charge on any atom is 0.325 e. The molecule has 0 aromatic heterocycles. The maximum absolute atomic E-state index is 12.6. The zero-order valence-electron chi connectivity index (χ0n) is 17.0. The summed E-state index contributed by atoms with van der Waals surface area (Å²) in [6.07, 6.45) is 1.04. The number of carbonyl (C=O) groups is 3. The summed E-state index contributed by atoms with van der Waals surface area (Å²) in [5.74, 6) is -1.58. The normalized spacial score (nSPS) is 18.7. The lowest BCUT2D eigenvalue weighted by molar-refractivity contribution is -0.153. The van der Waals surface area contributed by atoms with Crippen LogP contribution in [0, 0.1) is 6.92 Å². The third-order valence-electron chi connectivity index (χ3n) is 4.99. The number of nitrogens with zero attached hydrogens (tertiary/aromatic N) is 1. The fourth-order valence-electron chi connectivity index (χ4n) is 3.31. The van der Waals surface area contributed by atoms with Crippen LogP contribution in [0.5, 0.6) is 0 Å². The van der Waals surface area contributed by atoms with Crippen LogP contribution < -0.4 is 5.32 Å². The van der Waals surface area contributed by atoms with Crippen molar-refractivity contribution in [2.45, 2.75) is 45.7 Å². The number of sulfone groups is 1. The molecule has 29 heavy (non-hydrogen) atoms. The Hall–Kier alpha value is -2.42. The van der Waals surface area contributed by atoms with Crippen molar-refractivity contribution < 1.29 is 27.5 Å². The molecule has 1 aliphatic rings. The van der Waals surface area contributed by atoms with E-state index in [9.17, 15) is 22.8 Å². The van der Waals surface area contributed by atoms with Crippen molar-refractivity contribution in [3.63, 3.8) is 0 Å². The molecule has 1 saturated heterocycles. The van der Waals surface area contributed by atoms with Crippen LogP contribution >= 0.6 is 0 Å². The monoisotopic (exact) mass is 424 g/mol. The third kappa shape index (κ3) is 6.56. The highest BCUT2D eigenvalue weighted by Gasteiger charge is 2.36. The van der Waals surface area contributed by atoms with Crippen LogP contribution in [0.2, 0.25) is 0 Å². The molecular formula is C20H28N2O6S. The van der Waals surface area contributed by atoms with Gasteiger partial charge in [-0.3, -0.25) is 14.4 Å². The quantitative estimate of drug-likeness (QED) is 0.626. The number of ether oxygens (including phenoxy) is 1. The molecule has 1 aromatic rings. The molecule has 1 N–H and O–H groups in total. The van der Waals surface area contributed by atoms with Crippen LogP contribution in [-0.2, 0) is 24.2 Å². The number of nitrogens with one attached hydrogen (secondary N) is 1. The Balaban J connectivity index is 1.87. The Bertz CT molecular complexity index is 867. The molecule has 2 atom stereocenters. The number of amides is 2. The Morgan fingerprint density at radius 3 is 2.62 bits per heavy atom. The van der Waals surface area contributed by atoms with E-state index in [2.05, 4.69) is 5.32 Å². The van der Waals surface area contributed by atoms with Gasteiger partial charge in [-0.25, -0.2) is 8.42 Å². The lowest BCUT2D eigenvalue weighted by Crippen LogP contribution is -2.48. The minimum absolute atomic E-state index is 0.0582. The molecule has 0 radical (unpaired) electrons. The third-order valence-corrected chi connectivity index (χ3v) is 6.74. The van der Waals surface area contributed by atoms with E-state index >= 15 is 0 Å². The van der Waals surface area contributed by atoms with E-state index in [1.165, 1.54) is 4.90 Å². The number of esters is 1. The Morgan fingerprint density at radius 2 is 2.03 bits per heavy atom. The second-order valence-corrected chi connectivity index (χ2v) is 9.56. The Kier molecular flexibility index (Phi) is 7.78. The first-order valence-electron chi connectivity index (χ1n) is 9.65. The van der Waals surface area contributed by atoms with E-state index < -0.39 is 40.3 Å². The molecule has 8 nitrogen and oxygen atoms in total. The van der Waals surface area contributed by atoms with Gasteiger partial charge in [-0.05, 0) is 38.8 Å². The van der Waals surface area contributed by atoms with Crippen molar-refractivity contribution in [3.05, 3.63) is 35.4 Å². The number of hydrogen-bond acceptors (Lipinski definition) is 6. The first kappa shape index (κ1) is 22.9. The van der Waals surface area contributed by atoms with Crippen LogP contribution in [0.4, 0.5) is 0 Å². The van der Waals surface area contributed by atoms with Crippen LogP contribution in [-0.4, -0.2) is 67.8 Å². The molecule has 0 spiro atoms. The first-order chi connectivity index (χ1) is 13.6. The fourth-order valence-corrected chi connectivity index (χ4v) is 5.02. The summed E-state index contributed by atoms with van der Waals surface area (Å²) in [7, 11) is -3.14. The standard InChI is InChI=1S/C20H28N2O6S/c1-4-15(3)22(17-8-9-29(26,27)13-17)18(23)12-28-19(24)11-21-20(25)16-7-5-6-14(2)10-16/h5-7,10,15,17H,4,8-9,11-13H2,1-3H3,(H,21,25)/t15-,17-/m0/s1. The summed E-state index contributed by atoms with van der Waals surface area (Å²) < 4.78 is 28.5. The Morgan fingerprint density at radius 1 is 1.31 bits per heavy atom. The predicted molar refractivity (Wildman–Crippen MR) is 108 cm³/mol. The van der Waals surface area contributed by atoms with Crippen molar-refractivity contribution in [1.82, 2.24) is 10.2 Å². The molecule has 0 saturated carbocycles. The number of rotatable bonds is 8. The molecule has 0 unspecified atom stereocenters. The summed E-state index contributed by atoms with van der Waals surface area (Å²) in [4.78, 5) is 38.1. The molecule has 1 fully saturated rings. The maximum atomic E-state index is 12.6. The lowest BCUT2D eigenvalue weighted by Gasteiger charge is -2.33. The molecule has 0 bridgehead atoms. The minimum Gasteiger partial charge on any atom is -0.454 e. The van der Waals surface area contributed by atoms with Gasteiger partial charge in [0.2, 0.25) is 0 Å². The smallest absolute Gasteiger partial charge is 0.325 e. The first-order valence-corrected chi connectivity index (χ1v) is 11.5. The van der Waals surface area contributed by atoms with E-state index in [1.807, 2.05) is 26.8 Å². The van der Waals surface area contributed by atoms with E-state index in [4.69, 9.17) is 4.74 Å². The summed E-state index contributed by atoms with van der Waals surface area (Å²) in [6, 6.07) is 6.37. The van der Waals surface area contributed by atoms with Crippen LogP contribution in [0.25, 0.3) is 0 Å². The topological polar surface area (TPSA) is 110 Å². The van der Waals surface area contributed by atoms with Gasteiger partial charge in [-0.15, -0.1) is 0 Å². The predicted octanol–water partition coefficient (Wildman–Crippen LogP) is 1.08. The summed E-state index contributed by atoms with van der Waals surface area (Å²) in [6.45, 7) is 4.75. The molecule has 9 heteroatoms. The van der Waals surface area contributed by atoms with Crippen LogP contribution in [0.1, 0.15) is 42.6 Å². The lowest BCUT2D eigenvalue weighted by atomic mass is 10.1. The van der Waals surface area contributed by atoms with Gasteiger partial charge in [0.25, 0.3) is 11.8 Å². The zero-order valence-corrected chi connectivity index (χ0v) is 17.8. The summed E-state index contributed by atoms with van der Waals surface area (Å²) in [5, 5.41) is 2.46. The molecule has 160 valence electrons. The van der Waals surface area contributed by atoms with Crippen molar-refractivity contribution in [2.75, 3.05) is 24.7 Å². The highest BCUT2D eigenvalue weighted by atomic mass is 32.2. The van der Waals surface area contributed by atoms with Gasteiger partial charge >= 0.3 is 5.97 Å². The van der Waals surface area contributed by atoms with Crippen LogP contribution in [0.15, 0.2) is 24.3 Å². The fraction of sp³-hybridized carbons (Fsp3) is 0.550. The van der Waals surface area contributed by atoms with E-state index in [1.54, 1.807) is 18.2 Å². The second kappa shape index (κ2) is 9.87. The van der Waals surface area contributed by atoms with Crippen molar-refractivity contribution in [3.8, 4) is 0 Å². The van der Waals surface area contributed by atoms with E-state index in [0.717, 1.165) is 5.56 Å². The minimum atomic E-state index is -3.14. The van der Waals surface area contributed by atoms with Crippen molar-refractivity contribution in [1.29, 1.82) is 0 Å². The molecule has 2 amide bonds. The Labute approximate surface area is 171 Å². The van der Waals surface area contributed by atoms with Gasteiger partial charge < -0.3 is 15.0 Å². The average molecular weight is 425 g/mol. The molecule has 1 aliphatic heterocycles. The summed E-state index contributed by atoms with van der Waals surface area (Å²) >= 11 is 0. The molecule has 1 heterocycles. The largest absolute Gasteiger partial charge is 0.454 e. The van der Waals surface area contributed by atoms with Gasteiger partial charge in [0.15, 0.2) is 16.4 Å². The van der Waals surface area contributed by atoms with Gasteiger partial charge in [-0.2, -0.15) is 0 Å². The van der Waals surface area contributed by atoms with Gasteiger partial charge in [0.1, 0.15) is 6.54 Å². The highest BCUT2D eigenvalue weighted by Crippen LogP contribution is 2.21. The number of aryl methyl sites for hydroxylation is 1. The average Bonchev–Trinajstić information content (AvgIpc) is 3.03. The molecule has 1 aromatic carbocycles. The van der Waals surface area contributed by atoms with Gasteiger partial charge in [-0.1, -0.05) is 24.6 Å². The molecular weight excluding hydrogens is 396 g/mol. The number of hydrogen-bond donors (Lipinski definition) is 1. The number of benzene rings is 1. The van der Waals surface area contributed by atoms with Crippen LogP contribution in [0.3, 0.4) is 0 Å². The van der Waals surface area contributed by atoms with Gasteiger partial charge in [0.05, 0.1) is 11.5 Å². The zero-order chi connectivity index (χ0) is 21.6. The van der Waals surface area contributed by atoms with Gasteiger partial charge in [0, 0.05) is 17.6 Å². The van der Waals surface area contributed by atoms with E-state index in [-0.39, 0.29) is 24.1 Å². The summed E-state index contributed by atoms with van der Waals surface area (Å²) in [5.41, 5.74) is 1.35. The molecule has 2 rings (SSSR count). The van der Waals surface area contributed by atoms with Crippen molar-refractivity contribution >= 4 is 27.6 Å². The number of carbonyl (C=O) groups excluding carboxylic acids is 3. The van der Waals surface area contributed by atoms with Crippen molar-refractivity contribution in [2.24, 2.45) is 0 Å². The second-order valence-electron chi connectivity index (χ2n) is 7.33. The molecule has 0 aliphatic carbocycles. The SMILES string of the molecule is CC[C@H](C)N(C(=O)COC(=O)CNC(=O)c1cccc(C)c1)[C@H]1CCS(=O)(=O)C1. The highest BCUT2D eigenvalue weighted by molar-refractivity contribution is 7.91.